The zero-order valence-electron chi connectivity index (χ0n) is 12.1. The highest BCUT2D eigenvalue weighted by atomic mass is 16.5. The summed E-state index contributed by atoms with van der Waals surface area (Å²) in [5.41, 5.74) is 8.24. The first-order valence-corrected chi connectivity index (χ1v) is 6.61. The van der Waals surface area contributed by atoms with Crippen molar-refractivity contribution in [3.05, 3.63) is 52.4 Å². The lowest BCUT2D eigenvalue weighted by Crippen LogP contribution is -2.24. The van der Waals surface area contributed by atoms with E-state index in [4.69, 9.17) is 10.3 Å². The summed E-state index contributed by atoms with van der Waals surface area (Å²) in [6, 6.07) is 7.18. The Morgan fingerprint density at radius 1 is 1.38 bits per heavy atom. The molecule has 21 heavy (non-hydrogen) atoms. The number of nitrogens with one attached hydrogen (secondary N) is 1. The maximum atomic E-state index is 12.3. The van der Waals surface area contributed by atoms with Gasteiger partial charge < -0.3 is 15.6 Å². The van der Waals surface area contributed by atoms with Crippen molar-refractivity contribution in [3.8, 4) is 11.8 Å². The highest BCUT2D eigenvalue weighted by molar-refractivity contribution is 5.96. The summed E-state index contributed by atoms with van der Waals surface area (Å²) in [6.45, 7) is 4.30. The van der Waals surface area contributed by atoms with Gasteiger partial charge in [0.1, 0.15) is 5.76 Å². The van der Waals surface area contributed by atoms with Crippen molar-refractivity contribution in [1.82, 2.24) is 10.5 Å². The quantitative estimate of drug-likeness (QED) is 0.837. The number of amides is 1. The largest absolute Gasteiger partial charge is 0.361 e. The number of aromatic nitrogens is 1. The van der Waals surface area contributed by atoms with E-state index in [1.807, 2.05) is 19.9 Å². The second kappa shape index (κ2) is 6.73. The van der Waals surface area contributed by atoms with Crippen LogP contribution in [0.5, 0.6) is 0 Å². The van der Waals surface area contributed by atoms with Gasteiger partial charge in [-0.25, -0.2) is 0 Å². The predicted molar refractivity (Wildman–Crippen MR) is 79.5 cm³/mol. The molecule has 1 heterocycles. The maximum Gasteiger partial charge on any atom is 0.252 e. The summed E-state index contributed by atoms with van der Waals surface area (Å²) >= 11 is 0. The van der Waals surface area contributed by atoms with Crippen molar-refractivity contribution in [3.63, 3.8) is 0 Å². The van der Waals surface area contributed by atoms with Crippen LogP contribution in [0.3, 0.4) is 0 Å². The summed E-state index contributed by atoms with van der Waals surface area (Å²) in [7, 11) is 0. The van der Waals surface area contributed by atoms with E-state index >= 15 is 0 Å². The number of rotatable bonds is 3. The van der Waals surface area contributed by atoms with Gasteiger partial charge in [-0.15, -0.1) is 0 Å². The van der Waals surface area contributed by atoms with Crippen LogP contribution in [0.1, 0.15) is 32.9 Å². The summed E-state index contributed by atoms with van der Waals surface area (Å²) in [5, 5.41) is 6.72. The number of nitrogens with two attached hydrogens (primary N) is 1. The summed E-state index contributed by atoms with van der Waals surface area (Å²) in [4.78, 5) is 12.3. The van der Waals surface area contributed by atoms with Gasteiger partial charge in [-0.1, -0.05) is 29.1 Å². The Morgan fingerprint density at radius 2 is 2.14 bits per heavy atom. The Hall–Kier alpha value is -2.58. The van der Waals surface area contributed by atoms with Gasteiger partial charge in [-0.05, 0) is 26.0 Å². The Kier molecular flexibility index (Phi) is 4.75. The number of hydrogen-bond acceptors (Lipinski definition) is 4. The molecule has 3 N–H and O–H groups in total. The molecule has 0 aliphatic heterocycles. The lowest BCUT2D eigenvalue weighted by molar-refractivity contribution is 0.0950. The zero-order chi connectivity index (χ0) is 15.2. The molecule has 0 spiro atoms. The molecule has 0 saturated heterocycles. The fourth-order valence-electron chi connectivity index (χ4n) is 1.95. The summed E-state index contributed by atoms with van der Waals surface area (Å²) in [5.74, 6) is 6.19. The van der Waals surface area contributed by atoms with Crippen LogP contribution in [0.2, 0.25) is 0 Å². The van der Waals surface area contributed by atoms with Gasteiger partial charge in [0.2, 0.25) is 0 Å². The molecule has 0 radical (unpaired) electrons. The second-order valence-electron chi connectivity index (χ2n) is 4.54. The molecule has 1 amide bonds. The molecule has 0 saturated carbocycles. The highest BCUT2D eigenvalue weighted by Crippen LogP contribution is 2.12. The predicted octanol–water partition coefficient (Wildman–Crippen LogP) is 1.53. The first kappa shape index (κ1) is 14.8. The molecule has 0 fully saturated rings. The van der Waals surface area contributed by atoms with Crippen LogP contribution in [0.15, 0.2) is 28.8 Å². The van der Waals surface area contributed by atoms with Crippen LogP contribution in [0.25, 0.3) is 0 Å². The summed E-state index contributed by atoms with van der Waals surface area (Å²) in [6.07, 6.45) is 0. The SMILES string of the molecule is Cc1noc(C)c1CNC(=O)c1ccccc1C#CCN. The molecule has 2 aromatic rings. The normalized spacial score (nSPS) is 9.86. The van der Waals surface area contributed by atoms with E-state index in [0.29, 0.717) is 23.4 Å². The monoisotopic (exact) mass is 283 g/mol. The zero-order valence-corrected chi connectivity index (χ0v) is 12.1. The fraction of sp³-hybridized carbons (Fsp3) is 0.250. The topological polar surface area (TPSA) is 81.2 Å². The fourth-order valence-corrected chi connectivity index (χ4v) is 1.95. The third kappa shape index (κ3) is 3.50. The third-order valence-electron chi connectivity index (χ3n) is 3.10. The number of nitrogens with zero attached hydrogens (tertiary/aromatic N) is 1. The van der Waals surface area contributed by atoms with Crippen LogP contribution < -0.4 is 11.1 Å². The molecule has 0 aliphatic carbocycles. The minimum Gasteiger partial charge on any atom is -0.361 e. The molecular weight excluding hydrogens is 266 g/mol. The summed E-state index contributed by atoms with van der Waals surface area (Å²) < 4.78 is 5.07. The molecule has 1 aromatic carbocycles. The molecule has 5 nitrogen and oxygen atoms in total. The number of hydrogen-bond donors (Lipinski definition) is 2. The van der Waals surface area contributed by atoms with Gasteiger partial charge in [0.25, 0.3) is 5.91 Å². The van der Waals surface area contributed by atoms with E-state index in [1.54, 1.807) is 18.2 Å². The minimum absolute atomic E-state index is 0.183. The van der Waals surface area contributed by atoms with E-state index in [2.05, 4.69) is 22.3 Å². The van der Waals surface area contributed by atoms with Crippen LogP contribution in [-0.2, 0) is 6.54 Å². The van der Waals surface area contributed by atoms with Crippen LogP contribution in [0, 0.1) is 25.7 Å². The third-order valence-corrected chi connectivity index (χ3v) is 3.10. The maximum absolute atomic E-state index is 12.3. The smallest absolute Gasteiger partial charge is 0.252 e. The minimum atomic E-state index is -0.183. The van der Waals surface area contributed by atoms with Crippen molar-refractivity contribution in [1.29, 1.82) is 0 Å². The van der Waals surface area contributed by atoms with Crippen molar-refractivity contribution >= 4 is 5.91 Å². The number of aryl methyl sites for hydroxylation is 2. The molecule has 5 heteroatoms. The molecule has 0 aliphatic rings. The Bertz CT molecular complexity index is 688. The van der Waals surface area contributed by atoms with Crippen LogP contribution >= 0.6 is 0 Å². The Labute approximate surface area is 123 Å². The van der Waals surface area contributed by atoms with Crippen LogP contribution in [-0.4, -0.2) is 17.6 Å². The number of benzene rings is 1. The Morgan fingerprint density at radius 3 is 2.81 bits per heavy atom. The van der Waals surface area contributed by atoms with E-state index < -0.39 is 0 Å². The van der Waals surface area contributed by atoms with E-state index in [0.717, 1.165) is 11.3 Å². The van der Waals surface area contributed by atoms with Crippen LogP contribution in [0.4, 0.5) is 0 Å². The Balaban J connectivity index is 2.14. The van der Waals surface area contributed by atoms with Crippen molar-refractivity contribution in [2.24, 2.45) is 5.73 Å². The van der Waals surface area contributed by atoms with E-state index in [1.165, 1.54) is 0 Å². The van der Waals surface area contributed by atoms with Gasteiger partial charge in [-0.2, -0.15) is 0 Å². The van der Waals surface area contributed by atoms with Crippen molar-refractivity contribution < 1.29 is 9.32 Å². The molecule has 0 atom stereocenters. The van der Waals surface area contributed by atoms with Gasteiger partial charge >= 0.3 is 0 Å². The van der Waals surface area contributed by atoms with E-state index in [9.17, 15) is 4.79 Å². The molecular formula is C16H17N3O2. The van der Waals surface area contributed by atoms with E-state index in [-0.39, 0.29) is 12.5 Å². The number of carbonyl (C=O) groups is 1. The molecule has 108 valence electrons. The molecule has 0 unspecified atom stereocenters. The van der Waals surface area contributed by atoms with Gasteiger partial charge in [-0.3, -0.25) is 4.79 Å². The lowest BCUT2D eigenvalue weighted by Gasteiger charge is -2.06. The first-order chi connectivity index (χ1) is 10.1. The van der Waals surface area contributed by atoms with Crippen molar-refractivity contribution in [2.75, 3.05) is 6.54 Å². The standard InChI is InChI=1S/C16H17N3O2/c1-11-15(12(2)21-19-11)10-18-16(20)14-8-4-3-6-13(14)7-5-9-17/h3-4,6,8H,9-10,17H2,1-2H3,(H,18,20). The number of carbonyl (C=O) groups excluding carboxylic acids is 1. The average molecular weight is 283 g/mol. The first-order valence-electron chi connectivity index (χ1n) is 6.61. The molecule has 1 aromatic heterocycles. The van der Waals surface area contributed by atoms with Gasteiger partial charge in [0.15, 0.2) is 0 Å². The molecule has 0 bridgehead atoms. The van der Waals surface area contributed by atoms with Gasteiger partial charge in [0.05, 0.1) is 17.8 Å². The highest BCUT2D eigenvalue weighted by Gasteiger charge is 2.13. The molecule has 2 rings (SSSR count). The lowest BCUT2D eigenvalue weighted by atomic mass is 10.1. The second-order valence-corrected chi connectivity index (χ2v) is 4.54. The van der Waals surface area contributed by atoms with Crippen molar-refractivity contribution in [2.45, 2.75) is 20.4 Å². The average Bonchev–Trinajstić information content (AvgIpc) is 2.82. The van der Waals surface area contributed by atoms with Gasteiger partial charge in [0, 0.05) is 17.7 Å².